The summed E-state index contributed by atoms with van der Waals surface area (Å²) in [6.45, 7) is 5.94. The van der Waals surface area contributed by atoms with E-state index in [1.165, 1.54) is 70.6 Å². The van der Waals surface area contributed by atoms with Crippen LogP contribution in [0, 0.1) is 0 Å². The molecule has 0 saturated heterocycles. The minimum absolute atomic E-state index is 0.525. The fourth-order valence-electron chi connectivity index (χ4n) is 2.55. The van der Waals surface area contributed by atoms with Gasteiger partial charge in [0, 0.05) is 11.9 Å². The highest BCUT2D eigenvalue weighted by atomic mass is 79.9. The summed E-state index contributed by atoms with van der Waals surface area (Å²) in [5, 5.41) is 10.7. The van der Waals surface area contributed by atoms with Crippen LogP contribution in [0.5, 0.6) is 0 Å². The summed E-state index contributed by atoms with van der Waals surface area (Å²) in [4.78, 5) is 0. The number of unbranched alkanes of at least 4 members (excludes halogenated alkanes) is 11. The van der Waals surface area contributed by atoms with Crippen LogP contribution in [-0.4, -0.2) is 29.9 Å². The largest absolute Gasteiger partial charge is 0.368 e. The molecule has 0 aromatic heterocycles. The van der Waals surface area contributed by atoms with Crippen LogP contribution in [0.3, 0.4) is 0 Å². The molecular weight excluding hydrogens is 412 g/mol. The Hall–Kier alpha value is 0.710. The third kappa shape index (κ3) is 29.5. The number of alkyl halides is 1. The Morgan fingerprint density at radius 3 is 1.81 bits per heavy atom. The molecule has 0 saturated carbocycles. The maximum atomic E-state index is 9.57. The molecule has 0 radical (unpaired) electrons. The van der Waals surface area contributed by atoms with Gasteiger partial charge < -0.3 is 14.0 Å². The lowest BCUT2D eigenvalue weighted by Gasteiger charge is -2.11. The third-order valence-corrected chi connectivity index (χ3v) is 4.98. The van der Waals surface area contributed by atoms with Gasteiger partial charge in [0.2, 0.25) is 0 Å². The van der Waals surface area contributed by atoms with E-state index in [1.54, 1.807) is 0 Å². The van der Waals surface area contributed by atoms with E-state index >= 15 is 0 Å². The van der Waals surface area contributed by atoms with Crippen molar-refractivity contribution < 1.29 is 14.0 Å². The lowest BCUT2D eigenvalue weighted by atomic mass is 10.1. The second kappa shape index (κ2) is 27.9. The molecule has 0 aromatic rings. The van der Waals surface area contributed by atoms with Gasteiger partial charge in [0.1, 0.15) is 0 Å². The van der Waals surface area contributed by atoms with E-state index in [9.17, 15) is 5.11 Å². The molecule has 0 aliphatic carbocycles. The zero-order valence-electron chi connectivity index (χ0n) is 17.4. The smallest absolute Gasteiger partial charge is 0.154 e. The molecule has 1 N–H and O–H groups in total. The molecule has 0 bridgehead atoms. The first-order chi connectivity index (χ1) is 12.7. The molecule has 26 heavy (non-hydrogen) atoms. The fraction of sp³-hybridized carbons (Fsp3) is 1.00. The number of rotatable bonds is 19. The molecule has 0 aliphatic rings. The normalized spacial score (nSPS) is 11.9. The van der Waals surface area contributed by atoms with Crippen LogP contribution < -0.4 is 0 Å². The molecule has 0 fully saturated rings. The molecule has 0 amide bonds. The van der Waals surface area contributed by atoms with Crippen LogP contribution in [0.4, 0.5) is 0 Å². The maximum absolute atomic E-state index is 9.57. The topological polar surface area (TPSA) is 38.7 Å². The molecule has 0 spiro atoms. The predicted octanol–water partition coefficient (Wildman–Crippen LogP) is 7.46. The first-order valence-corrected chi connectivity index (χ1v) is 12.3. The van der Waals surface area contributed by atoms with Crippen LogP contribution in [-0.2, 0) is 8.92 Å². The van der Waals surface area contributed by atoms with E-state index in [0.29, 0.717) is 0 Å². The lowest BCUT2D eigenvalue weighted by Crippen LogP contribution is -2.12. The van der Waals surface area contributed by atoms with Crippen molar-refractivity contribution in [2.24, 2.45) is 0 Å². The van der Waals surface area contributed by atoms with Crippen LogP contribution in [0.2, 0.25) is 0 Å². The van der Waals surface area contributed by atoms with Crippen molar-refractivity contribution in [3.8, 4) is 0 Å². The van der Waals surface area contributed by atoms with Gasteiger partial charge in [0.15, 0.2) is 6.29 Å². The second-order valence-electron chi connectivity index (χ2n) is 6.88. The molecule has 0 heterocycles. The highest BCUT2D eigenvalue weighted by Crippen LogP contribution is 2.09. The Morgan fingerprint density at radius 2 is 1.23 bits per heavy atom. The first-order valence-electron chi connectivity index (χ1n) is 10.8. The van der Waals surface area contributed by atoms with Crippen molar-refractivity contribution in [1.82, 2.24) is 0 Å². The second-order valence-corrected chi connectivity index (χ2v) is 7.93. The van der Waals surface area contributed by atoms with Crippen LogP contribution >= 0.6 is 28.8 Å². The van der Waals surface area contributed by atoms with Gasteiger partial charge in [-0.3, -0.25) is 0 Å². The number of aliphatic hydroxyl groups excluding tert-OH is 1. The minimum Gasteiger partial charge on any atom is -0.368 e. The molecule has 1 atom stereocenters. The number of hydrogen-bond acceptors (Lipinski definition) is 4. The summed E-state index contributed by atoms with van der Waals surface area (Å²) in [7, 11) is 0. The van der Waals surface area contributed by atoms with Crippen LogP contribution in [0.15, 0.2) is 0 Å². The van der Waals surface area contributed by atoms with E-state index in [-0.39, 0.29) is 0 Å². The molecule has 0 rings (SSSR count). The van der Waals surface area contributed by atoms with Crippen molar-refractivity contribution in [1.29, 1.82) is 0 Å². The number of thiol groups is 1. The first kappa shape index (κ1) is 28.9. The molecule has 0 aliphatic heterocycles. The Bertz CT molecular complexity index is 227. The van der Waals surface area contributed by atoms with Gasteiger partial charge in [-0.25, -0.2) is 0 Å². The van der Waals surface area contributed by atoms with E-state index in [1.807, 2.05) is 0 Å². The summed E-state index contributed by atoms with van der Waals surface area (Å²) in [5.74, 6) is 0. The molecule has 3 nitrogen and oxygen atoms in total. The number of hydrogen-bond donors (Lipinski definition) is 2. The monoisotopic (exact) mass is 456 g/mol. The summed E-state index contributed by atoms with van der Waals surface area (Å²) in [6, 6.07) is 0. The van der Waals surface area contributed by atoms with Gasteiger partial charge in [-0.15, -0.1) is 0 Å². The van der Waals surface area contributed by atoms with Crippen LogP contribution in [0.1, 0.15) is 110 Å². The van der Waals surface area contributed by atoms with Gasteiger partial charge in [0.25, 0.3) is 0 Å². The Balaban J connectivity index is 0. The maximum Gasteiger partial charge on any atom is 0.154 e. The predicted molar refractivity (Wildman–Crippen MR) is 121 cm³/mol. The standard InChI is InChI=1S/C15H32O2.C6H13BrOS/c1-3-5-7-9-10-12-14-17-15(16)13-11-8-6-4-2;7-5-3-1-2-4-6-8-9/h15-16H,3-14H2,1-2H3;9H,1-6H2. The fourth-order valence-corrected chi connectivity index (χ4v) is 3.07. The summed E-state index contributed by atoms with van der Waals surface area (Å²) in [6.07, 6.45) is 17.7. The third-order valence-electron chi connectivity index (χ3n) is 4.23. The van der Waals surface area contributed by atoms with Crippen molar-refractivity contribution in [2.45, 2.75) is 116 Å². The highest BCUT2D eigenvalue weighted by molar-refractivity contribution is 9.09. The average Bonchev–Trinajstić information content (AvgIpc) is 2.65. The van der Waals surface area contributed by atoms with E-state index in [4.69, 9.17) is 4.74 Å². The quantitative estimate of drug-likeness (QED) is 0.0695. The highest BCUT2D eigenvalue weighted by Gasteiger charge is 2.02. The summed E-state index contributed by atoms with van der Waals surface area (Å²) >= 11 is 7.01. The van der Waals surface area contributed by atoms with Crippen molar-refractivity contribution in [3.05, 3.63) is 0 Å². The van der Waals surface area contributed by atoms with Crippen molar-refractivity contribution in [3.63, 3.8) is 0 Å². The Labute approximate surface area is 177 Å². The van der Waals surface area contributed by atoms with Crippen LogP contribution in [0.25, 0.3) is 0 Å². The number of halogens is 1. The van der Waals surface area contributed by atoms with E-state index < -0.39 is 6.29 Å². The lowest BCUT2D eigenvalue weighted by molar-refractivity contribution is -0.105. The van der Waals surface area contributed by atoms with Gasteiger partial charge in [-0.2, -0.15) is 0 Å². The number of ether oxygens (including phenoxy) is 1. The van der Waals surface area contributed by atoms with Gasteiger partial charge in [-0.1, -0.05) is 94.0 Å². The van der Waals surface area contributed by atoms with Gasteiger partial charge in [-0.05, 0) is 45.0 Å². The molecule has 0 aromatic carbocycles. The molecule has 1 unspecified atom stereocenters. The van der Waals surface area contributed by atoms with E-state index in [0.717, 1.165) is 44.2 Å². The summed E-state index contributed by atoms with van der Waals surface area (Å²) in [5.41, 5.74) is 0. The van der Waals surface area contributed by atoms with Crippen molar-refractivity contribution in [2.75, 3.05) is 18.5 Å². The van der Waals surface area contributed by atoms with Crippen molar-refractivity contribution >= 4 is 28.8 Å². The molecule has 160 valence electrons. The SMILES string of the molecule is CCCCCCCCOC(O)CCCCCC.SOCCCCCCBr. The van der Waals surface area contributed by atoms with Gasteiger partial charge in [0.05, 0.1) is 6.61 Å². The summed E-state index contributed by atoms with van der Waals surface area (Å²) < 4.78 is 9.99. The average molecular weight is 458 g/mol. The van der Waals surface area contributed by atoms with E-state index in [2.05, 4.69) is 46.9 Å². The Kier molecular flexibility index (Phi) is 31.1. The number of aliphatic hydroxyl groups is 1. The zero-order chi connectivity index (χ0) is 19.7. The Morgan fingerprint density at radius 1 is 0.731 bits per heavy atom. The minimum atomic E-state index is -0.525. The molecular formula is C21H45BrO3S. The molecule has 5 heteroatoms. The van der Waals surface area contributed by atoms with Gasteiger partial charge >= 0.3 is 0 Å². The zero-order valence-corrected chi connectivity index (χ0v) is 19.9.